The molecule has 30 heavy (non-hydrogen) atoms. The lowest BCUT2D eigenvalue weighted by molar-refractivity contribution is -0.121. The number of aryl methyl sites for hydroxylation is 1. The fraction of sp³-hybridized carbons (Fsp3) is 0.269. The monoisotopic (exact) mass is 400 g/mol. The number of hydrogen-bond acceptors (Lipinski definition) is 3. The van der Waals surface area contributed by atoms with Gasteiger partial charge in [-0.1, -0.05) is 78.9 Å². The molecule has 1 amide bonds. The zero-order valence-corrected chi connectivity index (χ0v) is 17.2. The molecule has 4 nitrogen and oxygen atoms in total. The summed E-state index contributed by atoms with van der Waals surface area (Å²) in [5.41, 5.74) is 3.55. The Bertz CT molecular complexity index is 944. The van der Waals surface area contributed by atoms with Crippen molar-refractivity contribution < 1.29 is 9.53 Å². The highest BCUT2D eigenvalue weighted by atomic mass is 16.5. The van der Waals surface area contributed by atoms with Crippen molar-refractivity contribution in [1.29, 1.82) is 0 Å². The molecule has 0 spiro atoms. The third kappa shape index (κ3) is 5.49. The average Bonchev–Trinajstić information content (AvgIpc) is 2.98. The first-order valence-electron chi connectivity index (χ1n) is 10.6. The number of nitrogens with one attached hydrogen (secondary N) is 1. The first-order chi connectivity index (χ1) is 14.8. The van der Waals surface area contributed by atoms with Gasteiger partial charge in [0.25, 0.3) is 0 Å². The van der Waals surface area contributed by atoms with Gasteiger partial charge in [-0.3, -0.25) is 9.69 Å². The van der Waals surface area contributed by atoms with Crippen LogP contribution in [0.5, 0.6) is 5.75 Å². The van der Waals surface area contributed by atoms with Crippen LogP contribution in [0.4, 0.5) is 0 Å². The molecule has 1 atom stereocenters. The topological polar surface area (TPSA) is 41.6 Å². The first-order valence-corrected chi connectivity index (χ1v) is 10.6. The van der Waals surface area contributed by atoms with Gasteiger partial charge < -0.3 is 10.1 Å². The van der Waals surface area contributed by atoms with Crippen LogP contribution in [-0.4, -0.2) is 30.4 Å². The highest BCUT2D eigenvalue weighted by molar-refractivity contribution is 5.76. The molecular formula is C26H28N2O2. The normalized spacial score (nSPS) is 16.2. The SMILES string of the molecule is O=C(CCc1ccccc1)NCCN1Cc2ccccc2O[C@H](c2ccccc2)C1. The maximum atomic E-state index is 12.3. The number of para-hydroxylation sites is 1. The molecule has 0 bridgehead atoms. The van der Waals surface area contributed by atoms with Crippen LogP contribution in [0.2, 0.25) is 0 Å². The molecule has 0 saturated heterocycles. The minimum Gasteiger partial charge on any atom is -0.484 e. The molecule has 3 aromatic carbocycles. The molecule has 0 unspecified atom stereocenters. The Balaban J connectivity index is 1.34. The van der Waals surface area contributed by atoms with Gasteiger partial charge in [0.15, 0.2) is 0 Å². The Morgan fingerprint density at radius 3 is 2.43 bits per heavy atom. The predicted molar refractivity (Wildman–Crippen MR) is 119 cm³/mol. The lowest BCUT2D eigenvalue weighted by atomic mass is 10.1. The van der Waals surface area contributed by atoms with Gasteiger partial charge >= 0.3 is 0 Å². The molecule has 3 aromatic rings. The van der Waals surface area contributed by atoms with Crippen molar-refractivity contribution in [1.82, 2.24) is 10.2 Å². The van der Waals surface area contributed by atoms with E-state index in [1.807, 2.05) is 48.5 Å². The fourth-order valence-electron chi connectivity index (χ4n) is 3.84. The molecule has 0 saturated carbocycles. The Labute approximate surface area is 178 Å². The molecule has 154 valence electrons. The largest absolute Gasteiger partial charge is 0.484 e. The number of benzene rings is 3. The smallest absolute Gasteiger partial charge is 0.220 e. The second-order valence-electron chi connectivity index (χ2n) is 7.70. The van der Waals surface area contributed by atoms with Crippen LogP contribution < -0.4 is 10.1 Å². The molecule has 0 fully saturated rings. The maximum absolute atomic E-state index is 12.3. The summed E-state index contributed by atoms with van der Waals surface area (Å²) in [6.45, 7) is 3.04. The Morgan fingerprint density at radius 2 is 1.63 bits per heavy atom. The Morgan fingerprint density at radius 1 is 0.933 bits per heavy atom. The molecular weight excluding hydrogens is 372 g/mol. The number of carbonyl (C=O) groups excluding carboxylic acids is 1. The second kappa shape index (κ2) is 10.1. The first kappa shape index (κ1) is 20.2. The molecule has 4 heteroatoms. The summed E-state index contributed by atoms with van der Waals surface area (Å²) < 4.78 is 6.36. The predicted octanol–water partition coefficient (Wildman–Crippen LogP) is 4.37. The zero-order chi connectivity index (χ0) is 20.6. The van der Waals surface area contributed by atoms with Crippen LogP contribution in [0, 0.1) is 0 Å². The lowest BCUT2D eigenvalue weighted by Crippen LogP contribution is -2.36. The summed E-state index contributed by atoms with van der Waals surface area (Å²) in [6, 6.07) is 28.7. The van der Waals surface area contributed by atoms with Gasteiger partial charge in [-0.25, -0.2) is 0 Å². The van der Waals surface area contributed by atoms with E-state index in [0.717, 1.165) is 31.8 Å². The molecule has 1 aliphatic rings. The maximum Gasteiger partial charge on any atom is 0.220 e. The van der Waals surface area contributed by atoms with Crippen LogP contribution in [0.3, 0.4) is 0 Å². The third-order valence-electron chi connectivity index (χ3n) is 5.46. The van der Waals surface area contributed by atoms with Gasteiger partial charge in [0, 0.05) is 38.2 Å². The van der Waals surface area contributed by atoms with E-state index in [1.165, 1.54) is 16.7 Å². The quantitative estimate of drug-likeness (QED) is 0.640. The summed E-state index contributed by atoms with van der Waals surface area (Å²) in [7, 11) is 0. The number of nitrogens with zero attached hydrogens (tertiary/aromatic N) is 1. The number of hydrogen-bond donors (Lipinski definition) is 1. The van der Waals surface area contributed by atoms with E-state index in [0.29, 0.717) is 13.0 Å². The highest BCUT2D eigenvalue weighted by Crippen LogP contribution is 2.30. The standard InChI is InChI=1S/C26H28N2O2/c29-26(16-15-21-9-3-1-4-10-21)27-17-18-28-19-23-13-7-8-14-24(23)30-25(20-28)22-11-5-2-6-12-22/h1-14,25H,15-20H2,(H,27,29)/t25-/m0/s1. The van der Waals surface area contributed by atoms with E-state index in [-0.39, 0.29) is 12.0 Å². The highest BCUT2D eigenvalue weighted by Gasteiger charge is 2.23. The van der Waals surface area contributed by atoms with E-state index in [2.05, 4.69) is 46.6 Å². The molecule has 1 heterocycles. The number of amides is 1. The number of carbonyl (C=O) groups is 1. The molecule has 1 N–H and O–H groups in total. The zero-order valence-electron chi connectivity index (χ0n) is 17.2. The van der Waals surface area contributed by atoms with Crippen molar-refractivity contribution in [3.8, 4) is 5.75 Å². The fourth-order valence-corrected chi connectivity index (χ4v) is 3.84. The number of ether oxygens (including phenoxy) is 1. The Kier molecular flexibility index (Phi) is 6.78. The molecule has 0 aromatic heterocycles. The van der Waals surface area contributed by atoms with Crippen molar-refractivity contribution in [3.63, 3.8) is 0 Å². The molecule has 4 rings (SSSR count). The van der Waals surface area contributed by atoms with E-state index in [4.69, 9.17) is 4.74 Å². The van der Waals surface area contributed by atoms with Crippen molar-refractivity contribution in [2.45, 2.75) is 25.5 Å². The van der Waals surface area contributed by atoms with Crippen LogP contribution in [0.15, 0.2) is 84.9 Å². The van der Waals surface area contributed by atoms with Gasteiger partial charge in [-0.2, -0.15) is 0 Å². The molecule has 0 aliphatic carbocycles. The van der Waals surface area contributed by atoms with E-state index in [9.17, 15) is 4.79 Å². The van der Waals surface area contributed by atoms with Crippen molar-refractivity contribution >= 4 is 5.91 Å². The summed E-state index contributed by atoms with van der Waals surface area (Å²) in [5, 5.41) is 3.08. The average molecular weight is 401 g/mol. The van der Waals surface area contributed by atoms with E-state index >= 15 is 0 Å². The molecule has 1 aliphatic heterocycles. The van der Waals surface area contributed by atoms with E-state index < -0.39 is 0 Å². The van der Waals surface area contributed by atoms with Gasteiger partial charge in [0.05, 0.1) is 0 Å². The lowest BCUT2D eigenvalue weighted by Gasteiger charge is -2.24. The van der Waals surface area contributed by atoms with Gasteiger partial charge in [0.2, 0.25) is 5.91 Å². The van der Waals surface area contributed by atoms with Gasteiger partial charge in [-0.05, 0) is 23.6 Å². The van der Waals surface area contributed by atoms with Crippen LogP contribution in [0.1, 0.15) is 29.2 Å². The summed E-state index contributed by atoms with van der Waals surface area (Å²) >= 11 is 0. The van der Waals surface area contributed by atoms with Crippen LogP contribution in [0.25, 0.3) is 0 Å². The minimum atomic E-state index is -0.0244. The minimum absolute atomic E-state index is 0.0244. The van der Waals surface area contributed by atoms with Crippen LogP contribution >= 0.6 is 0 Å². The summed E-state index contributed by atoms with van der Waals surface area (Å²) in [6.07, 6.45) is 1.26. The van der Waals surface area contributed by atoms with E-state index in [1.54, 1.807) is 0 Å². The summed E-state index contributed by atoms with van der Waals surface area (Å²) in [4.78, 5) is 14.6. The number of fused-ring (bicyclic) bond motifs is 1. The molecule has 0 radical (unpaired) electrons. The second-order valence-corrected chi connectivity index (χ2v) is 7.70. The van der Waals surface area contributed by atoms with Crippen molar-refractivity contribution in [2.75, 3.05) is 19.6 Å². The van der Waals surface area contributed by atoms with Gasteiger partial charge in [0.1, 0.15) is 11.9 Å². The van der Waals surface area contributed by atoms with Gasteiger partial charge in [-0.15, -0.1) is 0 Å². The third-order valence-corrected chi connectivity index (χ3v) is 5.46. The Hall–Kier alpha value is -3.11. The summed E-state index contributed by atoms with van der Waals surface area (Å²) in [5.74, 6) is 1.05. The van der Waals surface area contributed by atoms with Crippen LogP contribution in [-0.2, 0) is 17.8 Å². The number of rotatable bonds is 7. The van der Waals surface area contributed by atoms with Crippen molar-refractivity contribution in [2.24, 2.45) is 0 Å². The van der Waals surface area contributed by atoms with Crippen molar-refractivity contribution in [3.05, 3.63) is 102 Å².